The van der Waals surface area contributed by atoms with Gasteiger partial charge in [-0.3, -0.25) is 0 Å². The normalized spacial score (nSPS) is 10.0. The van der Waals surface area contributed by atoms with Crippen LogP contribution in [0.1, 0.15) is 15.9 Å². The molecule has 1 rings (SSSR count). The van der Waals surface area contributed by atoms with E-state index in [1.54, 1.807) is 0 Å². The summed E-state index contributed by atoms with van der Waals surface area (Å²) in [5.41, 5.74) is 0.677. The summed E-state index contributed by atoms with van der Waals surface area (Å²) < 4.78 is 17.6. The molecule has 0 saturated heterocycles. The highest BCUT2D eigenvalue weighted by atomic mass is 79.9. The number of carbonyl (C=O) groups excluding carboxylic acids is 1. The van der Waals surface area contributed by atoms with Gasteiger partial charge in [0.25, 0.3) is 0 Å². The Hall–Kier alpha value is -0.610. The van der Waals surface area contributed by atoms with E-state index in [9.17, 15) is 9.18 Å². The van der Waals surface area contributed by atoms with Crippen molar-refractivity contribution in [2.75, 3.05) is 7.11 Å². The molecule has 0 radical (unpaired) electrons. The van der Waals surface area contributed by atoms with Crippen LogP contribution in [0.2, 0.25) is 5.02 Å². The van der Waals surface area contributed by atoms with Crippen molar-refractivity contribution in [1.82, 2.24) is 0 Å². The van der Waals surface area contributed by atoms with Crippen LogP contribution in [0.4, 0.5) is 4.39 Å². The molecule has 0 aliphatic heterocycles. The molecule has 0 aliphatic carbocycles. The number of hydrogen-bond acceptors (Lipinski definition) is 2. The van der Waals surface area contributed by atoms with Gasteiger partial charge in [0, 0.05) is 5.33 Å². The second kappa shape index (κ2) is 4.75. The Bertz CT molecular complexity index is 368. The minimum atomic E-state index is -0.642. The SMILES string of the molecule is COC(=O)c1cc(CBr)cc(F)c1Cl. The van der Waals surface area contributed by atoms with E-state index in [1.165, 1.54) is 19.2 Å². The Kier molecular flexibility index (Phi) is 3.89. The Morgan fingerprint density at radius 2 is 2.29 bits per heavy atom. The number of methoxy groups -OCH3 is 1. The molecular weight excluding hydrogens is 274 g/mol. The van der Waals surface area contributed by atoms with Crippen LogP contribution >= 0.6 is 27.5 Å². The lowest BCUT2D eigenvalue weighted by molar-refractivity contribution is 0.0600. The van der Waals surface area contributed by atoms with Crippen molar-refractivity contribution in [3.05, 3.63) is 34.1 Å². The van der Waals surface area contributed by atoms with Crippen molar-refractivity contribution in [2.24, 2.45) is 0 Å². The second-order valence-electron chi connectivity index (χ2n) is 2.56. The second-order valence-corrected chi connectivity index (χ2v) is 3.50. The molecule has 1 aromatic carbocycles. The molecule has 0 fully saturated rings. The first-order valence-electron chi connectivity index (χ1n) is 3.72. The van der Waals surface area contributed by atoms with Crippen LogP contribution in [0.25, 0.3) is 0 Å². The van der Waals surface area contributed by atoms with Gasteiger partial charge >= 0.3 is 5.97 Å². The molecule has 76 valence electrons. The van der Waals surface area contributed by atoms with Gasteiger partial charge in [-0.2, -0.15) is 0 Å². The Labute approximate surface area is 94.1 Å². The highest BCUT2D eigenvalue weighted by molar-refractivity contribution is 9.08. The number of benzene rings is 1. The lowest BCUT2D eigenvalue weighted by Gasteiger charge is -2.05. The summed E-state index contributed by atoms with van der Waals surface area (Å²) in [5, 5.41) is 0.243. The van der Waals surface area contributed by atoms with Crippen molar-refractivity contribution < 1.29 is 13.9 Å². The molecule has 0 N–H and O–H groups in total. The molecular formula is C9H7BrClFO2. The summed E-state index contributed by atoms with van der Waals surface area (Å²) in [4.78, 5) is 11.2. The van der Waals surface area contributed by atoms with Crippen LogP contribution in [0, 0.1) is 5.82 Å². The van der Waals surface area contributed by atoms with Crippen molar-refractivity contribution >= 4 is 33.5 Å². The maximum atomic E-state index is 13.2. The van der Waals surface area contributed by atoms with Gasteiger partial charge < -0.3 is 4.74 Å². The fraction of sp³-hybridized carbons (Fsp3) is 0.222. The number of halogens is 3. The van der Waals surface area contributed by atoms with Gasteiger partial charge in [0.05, 0.1) is 17.7 Å². The smallest absolute Gasteiger partial charge is 0.339 e. The molecule has 14 heavy (non-hydrogen) atoms. The predicted molar refractivity (Wildman–Crippen MR) is 55.4 cm³/mol. The van der Waals surface area contributed by atoms with Gasteiger partial charge in [-0.25, -0.2) is 9.18 Å². The van der Waals surface area contributed by atoms with Gasteiger partial charge in [-0.1, -0.05) is 27.5 Å². The number of alkyl halides is 1. The monoisotopic (exact) mass is 280 g/mol. The molecule has 0 amide bonds. The fourth-order valence-electron chi connectivity index (χ4n) is 0.981. The van der Waals surface area contributed by atoms with Crippen LogP contribution in [-0.2, 0) is 10.1 Å². The Balaban J connectivity index is 3.27. The van der Waals surface area contributed by atoms with E-state index in [4.69, 9.17) is 11.6 Å². The summed E-state index contributed by atoms with van der Waals surface area (Å²) in [6.45, 7) is 0. The summed E-state index contributed by atoms with van der Waals surface area (Å²) in [7, 11) is 1.22. The summed E-state index contributed by atoms with van der Waals surface area (Å²) >= 11 is 8.76. The molecule has 0 atom stereocenters. The first-order chi connectivity index (χ1) is 6.60. The van der Waals surface area contributed by atoms with E-state index in [-0.39, 0.29) is 10.6 Å². The highest BCUT2D eigenvalue weighted by Crippen LogP contribution is 2.23. The molecule has 2 nitrogen and oxygen atoms in total. The first-order valence-corrected chi connectivity index (χ1v) is 5.22. The van der Waals surface area contributed by atoms with Crippen LogP contribution in [0.5, 0.6) is 0 Å². The lowest BCUT2D eigenvalue weighted by atomic mass is 10.1. The van der Waals surface area contributed by atoms with Crippen molar-refractivity contribution in [1.29, 1.82) is 0 Å². The number of carbonyl (C=O) groups is 1. The average Bonchev–Trinajstić information content (AvgIpc) is 2.20. The lowest BCUT2D eigenvalue weighted by Crippen LogP contribution is -2.04. The molecule has 0 aliphatic rings. The highest BCUT2D eigenvalue weighted by Gasteiger charge is 2.15. The van der Waals surface area contributed by atoms with E-state index in [1.807, 2.05) is 0 Å². The number of ether oxygens (including phenoxy) is 1. The van der Waals surface area contributed by atoms with E-state index in [2.05, 4.69) is 20.7 Å². The molecule has 5 heteroatoms. The van der Waals surface area contributed by atoms with Crippen molar-refractivity contribution in [3.8, 4) is 0 Å². The molecule has 0 spiro atoms. The van der Waals surface area contributed by atoms with Crippen LogP contribution in [-0.4, -0.2) is 13.1 Å². The van der Waals surface area contributed by atoms with E-state index >= 15 is 0 Å². The number of rotatable bonds is 2. The summed E-state index contributed by atoms with van der Waals surface area (Å²) in [6.07, 6.45) is 0. The van der Waals surface area contributed by atoms with E-state index in [0.717, 1.165) is 0 Å². The summed E-state index contributed by atoms with van der Waals surface area (Å²) in [5.74, 6) is -1.26. The first kappa shape index (κ1) is 11.5. The molecule has 1 aromatic rings. The fourth-order valence-corrected chi connectivity index (χ4v) is 1.49. The van der Waals surface area contributed by atoms with Crippen molar-refractivity contribution in [3.63, 3.8) is 0 Å². The molecule has 0 unspecified atom stereocenters. The maximum absolute atomic E-state index is 13.2. The van der Waals surface area contributed by atoms with Crippen LogP contribution in [0.3, 0.4) is 0 Å². The minimum Gasteiger partial charge on any atom is -0.465 e. The van der Waals surface area contributed by atoms with Gasteiger partial charge in [0.15, 0.2) is 0 Å². The zero-order valence-corrected chi connectivity index (χ0v) is 9.65. The van der Waals surface area contributed by atoms with Gasteiger partial charge in [-0.15, -0.1) is 0 Å². The predicted octanol–water partition coefficient (Wildman–Crippen LogP) is 3.16. The van der Waals surface area contributed by atoms with Gasteiger partial charge in [0.2, 0.25) is 0 Å². The molecule has 0 heterocycles. The van der Waals surface area contributed by atoms with Gasteiger partial charge in [0.1, 0.15) is 5.82 Å². The maximum Gasteiger partial charge on any atom is 0.339 e. The average molecular weight is 282 g/mol. The number of hydrogen-bond donors (Lipinski definition) is 0. The Morgan fingerprint density at radius 1 is 1.64 bits per heavy atom. The topological polar surface area (TPSA) is 26.3 Å². The largest absolute Gasteiger partial charge is 0.465 e. The van der Waals surface area contributed by atoms with E-state index < -0.39 is 11.8 Å². The molecule has 0 aromatic heterocycles. The number of esters is 1. The quantitative estimate of drug-likeness (QED) is 0.615. The minimum absolute atomic E-state index is 0.0450. The Morgan fingerprint density at radius 3 is 2.79 bits per heavy atom. The zero-order valence-electron chi connectivity index (χ0n) is 7.31. The van der Waals surface area contributed by atoms with E-state index in [0.29, 0.717) is 10.9 Å². The molecule has 0 saturated carbocycles. The molecule has 0 bridgehead atoms. The van der Waals surface area contributed by atoms with Crippen LogP contribution in [0.15, 0.2) is 12.1 Å². The summed E-state index contributed by atoms with van der Waals surface area (Å²) in [6, 6.07) is 2.76. The third-order valence-corrected chi connectivity index (χ3v) is 2.68. The third-order valence-electron chi connectivity index (χ3n) is 1.65. The van der Waals surface area contributed by atoms with Crippen molar-refractivity contribution in [2.45, 2.75) is 5.33 Å². The van der Waals surface area contributed by atoms with Gasteiger partial charge in [-0.05, 0) is 17.7 Å². The van der Waals surface area contributed by atoms with Crippen LogP contribution < -0.4 is 0 Å². The third kappa shape index (κ3) is 2.25. The zero-order chi connectivity index (χ0) is 10.7. The standard InChI is InChI=1S/C9H7BrClFO2/c1-14-9(13)6-2-5(4-10)3-7(12)8(6)11/h2-3H,4H2,1H3.